The molecule has 1 aliphatic heterocycles. The summed E-state index contributed by atoms with van der Waals surface area (Å²) in [6.45, 7) is 0.667. The summed E-state index contributed by atoms with van der Waals surface area (Å²) in [5.74, 6) is 1.46. The van der Waals surface area contributed by atoms with E-state index in [4.69, 9.17) is 4.74 Å². The predicted octanol–water partition coefficient (Wildman–Crippen LogP) is 4.82. The summed E-state index contributed by atoms with van der Waals surface area (Å²) >= 11 is 1.76. The quantitative estimate of drug-likeness (QED) is 0.565. The number of carbonyl (C=O) groups is 2. The van der Waals surface area contributed by atoms with Crippen molar-refractivity contribution in [1.29, 1.82) is 0 Å². The zero-order valence-electron chi connectivity index (χ0n) is 18.0. The van der Waals surface area contributed by atoms with Crippen LogP contribution in [0.2, 0.25) is 0 Å². The number of thioether (sulfide) groups is 1. The molecule has 2 amide bonds. The van der Waals surface area contributed by atoms with Gasteiger partial charge in [0.15, 0.2) is 0 Å². The van der Waals surface area contributed by atoms with E-state index in [0.717, 1.165) is 33.2 Å². The Morgan fingerprint density at radius 3 is 2.38 bits per heavy atom. The number of nitrogens with zero attached hydrogens (tertiary/aromatic N) is 1. The molecule has 1 unspecified atom stereocenters. The lowest BCUT2D eigenvalue weighted by Gasteiger charge is -2.29. The van der Waals surface area contributed by atoms with Crippen molar-refractivity contribution in [2.45, 2.75) is 23.8 Å². The van der Waals surface area contributed by atoms with Gasteiger partial charge < -0.3 is 15.0 Å². The van der Waals surface area contributed by atoms with Crippen LogP contribution in [0, 0.1) is 0 Å². The van der Waals surface area contributed by atoms with Gasteiger partial charge in [-0.05, 0) is 35.4 Å². The van der Waals surface area contributed by atoms with Crippen LogP contribution in [0.3, 0.4) is 0 Å². The standard InChI is InChI=1S/C26H26N2O3S/c1-31-21-13-11-20(12-14-21)26(19-7-3-2-4-8-19)27-24(29)15-16-25(30)28-17-18-32-23-10-6-5-9-22(23)28/h2-14,26H,15-18H2,1H3,(H,27,29). The molecular weight excluding hydrogens is 420 g/mol. The van der Waals surface area contributed by atoms with Crippen molar-refractivity contribution in [3.8, 4) is 5.75 Å². The van der Waals surface area contributed by atoms with Crippen LogP contribution in [0.25, 0.3) is 0 Å². The molecule has 4 rings (SSSR count). The highest BCUT2D eigenvalue weighted by molar-refractivity contribution is 7.99. The average molecular weight is 447 g/mol. The highest BCUT2D eigenvalue weighted by Crippen LogP contribution is 2.34. The molecule has 0 saturated heterocycles. The summed E-state index contributed by atoms with van der Waals surface area (Å²) in [6, 6.07) is 25.1. The minimum atomic E-state index is -0.295. The Bertz CT molecular complexity index is 1070. The second-order valence-electron chi connectivity index (χ2n) is 7.55. The number of para-hydroxylation sites is 1. The Morgan fingerprint density at radius 1 is 0.938 bits per heavy atom. The van der Waals surface area contributed by atoms with Gasteiger partial charge in [0.2, 0.25) is 11.8 Å². The molecule has 5 nitrogen and oxygen atoms in total. The first-order valence-electron chi connectivity index (χ1n) is 10.7. The fraction of sp³-hybridized carbons (Fsp3) is 0.231. The van der Waals surface area contributed by atoms with E-state index in [-0.39, 0.29) is 30.7 Å². The summed E-state index contributed by atoms with van der Waals surface area (Å²) in [5, 5.41) is 3.11. The predicted molar refractivity (Wildman–Crippen MR) is 128 cm³/mol. The third-order valence-electron chi connectivity index (χ3n) is 5.48. The van der Waals surface area contributed by atoms with Gasteiger partial charge in [0, 0.05) is 30.0 Å². The maximum atomic E-state index is 12.9. The average Bonchev–Trinajstić information content (AvgIpc) is 2.86. The van der Waals surface area contributed by atoms with Crippen molar-refractivity contribution in [2.24, 2.45) is 0 Å². The monoisotopic (exact) mass is 446 g/mol. The molecular formula is C26H26N2O3S. The zero-order valence-corrected chi connectivity index (χ0v) is 18.8. The lowest BCUT2D eigenvalue weighted by molar-refractivity contribution is -0.125. The van der Waals surface area contributed by atoms with Gasteiger partial charge in [-0.3, -0.25) is 9.59 Å². The lowest BCUT2D eigenvalue weighted by Crippen LogP contribution is -2.36. The number of amides is 2. The smallest absolute Gasteiger partial charge is 0.227 e. The maximum absolute atomic E-state index is 12.9. The fourth-order valence-electron chi connectivity index (χ4n) is 3.82. The molecule has 0 aliphatic carbocycles. The van der Waals surface area contributed by atoms with Crippen LogP contribution in [0.4, 0.5) is 5.69 Å². The van der Waals surface area contributed by atoms with E-state index in [0.29, 0.717) is 6.54 Å². The van der Waals surface area contributed by atoms with E-state index in [1.54, 1.807) is 23.8 Å². The highest BCUT2D eigenvalue weighted by Gasteiger charge is 2.24. The van der Waals surface area contributed by atoms with E-state index in [1.807, 2.05) is 78.9 Å². The molecule has 3 aromatic rings. The van der Waals surface area contributed by atoms with Gasteiger partial charge in [0.05, 0.1) is 18.8 Å². The first-order valence-corrected chi connectivity index (χ1v) is 11.6. The van der Waals surface area contributed by atoms with E-state index in [2.05, 4.69) is 5.32 Å². The molecule has 1 aliphatic rings. The van der Waals surface area contributed by atoms with Crippen molar-refractivity contribution in [3.05, 3.63) is 90.0 Å². The van der Waals surface area contributed by atoms with Crippen LogP contribution in [0.1, 0.15) is 30.0 Å². The Morgan fingerprint density at radius 2 is 1.62 bits per heavy atom. The molecule has 164 valence electrons. The first-order chi connectivity index (χ1) is 15.7. The van der Waals surface area contributed by atoms with E-state index < -0.39 is 0 Å². The largest absolute Gasteiger partial charge is 0.497 e. The summed E-state index contributed by atoms with van der Waals surface area (Å²) in [6.07, 6.45) is 0.319. The van der Waals surface area contributed by atoms with Crippen LogP contribution >= 0.6 is 11.8 Å². The Hall–Kier alpha value is -3.25. The SMILES string of the molecule is COc1ccc(C(NC(=O)CCC(=O)N2CCSc3ccccc32)c2ccccc2)cc1. The maximum Gasteiger partial charge on any atom is 0.227 e. The van der Waals surface area contributed by atoms with E-state index in [9.17, 15) is 9.59 Å². The second-order valence-corrected chi connectivity index (χ2v) is 8.68. The number of fused-ring (bicyclic) bond motifs is 1. The number of methoxy groups -OCH3 is 1. The van der Waals surface area contributed by atoms with Gasteiger partial charge in [-0.1, -0.05) is 54.6 Å². The molecule has 1 N–H and O–H groups in total. The lowest BCUT2D eigenvalue weighted by atomic mass is 9.98. The molecule has 0 radical (unpaired) electrons. The normalized spacial score (nSPS) is 13.7. The second kappa shape index (κ2) is 10.4. The molecule has 0 fully saturated rings. The molecule has 0 saturated carbocycles. The Balaban J connectivity index is 1.43. The fourth-order valence-corrected chi connectivity index (χ4v) is 4.81. The number of carbonyl (C=O) groups excluding carboxylic acids is 2. The number of rotatable bonds is 7. The number of hydrogen-bond acceptors (Lipinski definition) is 4. The number of ether oxygens (including phenoxy) is 1. The molecule has 0 spiro atoms. The number of nitrogens with one attached hydrogen (secondary N) is 1. The third kappa shape index (κ3) is 5.14. The molecule has 1 atom stereocenters. The molecule has 1 heterocycles. The van der Waals surface area contributed by atoms with Crippen molar-refractivity contribution in [2.75, 3.05) is 24.3 Å². The molecule has 32 heavy (non-hydrogen) atoms. The van der Waals surface area contributed by atoms with Crippen molar-refractivity contribution >= 4 is 29.3 Å². The summed E-state index contributed by atoms with van der Waals surface area (Å²) in [7, 11) is 1.63. The van der Waals surface area contributed by atoms with Crippen molar-refractivity contribution < 1.29 is 14.3 Å². The third-order valence-corrected chi connectivity index (χ3v) is 6.53. The van der Waals surface area contributed by atoms with Gasteiger partial charge in [0.1, 0.15) is 5.75 Å². The summed E-state index contributed by atoms with van der Waals surface area (Å²) < 4.78 is 5.25. The van der Waals surface area contributed by atoms with Crippen LogP contribution in [0.15, 0.2) is 83.8 Å². The van der Waals surface area contributed by atoms with Crippen LogP contribution in [-0.2, 0) is 9.59 Å². The topological polar surface area (TPSA) is 58.6 Å². The zero-order chi connectivity index (χ0) is 22.3. The molecule has 0 aromatic heterocycles. The van der Waals surface area contributed by atoms with Gasteiger partial charge >= 0.3 is 0 Å². The Labute approximate surface area is 192 Å². The van der Waals surface area contributed by atoms with Crippen molar-refractivity contribution in [3.63, 3.8) is 0 Å². The van der Waals surface area contributed by atoms with Gasteiger partial charge in [-0.25, -0.2) is 0 Å². The van der Waals surface area contributed by atoms with Crippen LogP contribution in [-0.4, -0.2) is 31.2 Å². The molecule has 0 bridgehead atoms. The minimum Gasteiger partial charge on any atom is -0.497 e. The van der Waals surface area contributed by atoms with Gasteiger partial charge in [0.25, 0.3) is 0 Å². The van der Waals surface area contributed by atoms with Crippen LogP contribution < -0.4 is 15.0 Å². The summed E-state index contributed by atoms with van der Waals surface area (Å²) in [5.41, 5.74) is 2.88. The van der Waals surface area contributed by atoms with Crippen LogP contribution in [0.5, 0.6) is 5.75 Å². The summed E-state index contributed by atoms with van der Waals surface area (Å²) in [4.78, 5) is 28.6. The first kappa shape index (κ1) is 22.0. The van der Waals surface area contributed by atoms with E-state index >= 15 is 0 Å². The van der Waals surface area contributed by atoms with Gasteiger partial charge in [-0.2, -0.15) is 0 Å². The number of hydrogen-bond donors (Lipinski definition) is 1. The number of anilines is 1. The molecule has 6 heteroatoms. The van der Waals surface area contributed by atoms with Crippen molar-refractivity contribution in [1.82, 2.24) is 5.32 Å². The molecule has 3 aromatic carbocycles. The van der Waals surface area contributed by atoms with Gasteiger partial charge in [-0.15, -0.1) is 11.8 Å². The highest BCUT2D eigenvalue weighted by atomic mass is 32.2. The number of benzene rings is 3. The minimum absolute atomic E-state index is 0.0198. The van der Waals surface area contributed by atoms with E-state index in [1.165, 1.54) is 0 Å². The Kier molecular flexibility index (Phi) is 7.12.